The Labute approximate surface area is 173 Å². The Morgan fingerprint density at radius 3 is 2.50 bits per heavy atom. The summed E-state index contributed by atoms with van der Waals surface area (Å²) in [4.78, 5) is 22.5. The Morgan fingerprint density at radius 1 is 1.10 bits per heavy atom. The monoisotopic (exact) mass is 418 g/mol. The van der Waals surface area contributed by atoms with Crippen molar-refractivity contribution in [2.24, 2.45) is 0 Å². The number of alkyl halides is 3. The van der Waals surface area contributed by atoms with Gasteiger partial charge in [0.05, 0.1) is 11.9 Å². The van der Waals surface area contributed by atoms with Gasteiger partial charge in [0.1, 0.15) is 12.2 Å². The van der Waals surface area contributed by atoms with Gasteiger partial charge in [-0.3, -0.25) is 14.7 Å². The molecule has 30 heavy (non-hydrogen) atoms. The number of rotatable bonds is 5. The Morgan fingerprint density at radius 2 is 1.87 bits per heavy atom. The molecule has 1 aliphatic heterocycles. The van der Waals surface area contributed by atoms with E-state index in [1.165, 1.54) is 42.8 Å². The third kappa shape index (κ3) is 5.16. The highest BCUT2D eigenvalue weighted by Crippen LogP contribution is 2.27. The van der Waals surface area contributed by atoms with E-state index in [0.717, 1.165) is 37.5 Å². The molecule has 1 aromatic heterocycles. The average molecular weight is 418 g/mol. The summed E-state index contributed by atoms with van der Waals surface area (Å²) in [5.74, 6) is -0.882. The van der Waals surface area contributed by atoms with E-state index < -0.39 is 18.6 Å². The Bertz CT molecular complexity index is 894. The summed E-state index contributed by atoms with van der Waals surface area (Å²) in [7, 11) is 0. The summed E-state index contributed by atoms with van der Waals surface area (Å²) in [6, 6.07) is 7.29. The predicted octanol–water partition coefficient (Wildman–Crippen LogP) is 3.31. The first-order valence-electron chi connectivity index (χ1n) is 10.4. The van der Waals surface area contributed by atoms with Gasteiger partial charge in [-0.15, -0.1) is 0 Å². The lowest BCUT2D eigenvalue weighted by Crippen LogP contribution is -2.41. The van der Waals surface area contributed by atoms with Crippen LogP contribution in [0.2, 0.25) is 0 Å². The maximum Gasteiger partial charge on any atom is 0.405 e. The van der Waals surface area contributed by atoms with Crippen LogP contribution in [0.25, 0.3) is 0 Å². The molecule has 5 nitrogen and oxygen atoms in total. The summed E-state index contributed by atoms with van der Waals surface area (Å²) < 4.78 is 36.6. The molecule has 1 N–H and O–H groups in total. The minimum atomic E-state index is -4.46. The summed E-state index contributed by atoms with van der Waals surface area (Å²) in [5.41, 5.74) is 4.45. The molecule has 1 saturated carbocycles. The Kier molecular flexibility index (Phi) is 6.04. The molecule has 1 fully saturated rings. The summed E-state index contributed by atoms with van der Waals surface area (Å²) in [6.45, 7) is 0.839. The fourth-order valence-electron chi connectivity index (χ4n) is 4.07. The average Bonchev–Trinajstić information content (AvgIpc) is 2.87. The quantitative estimate of drug-likeness (QED) is 0.810. The van der Waals surface area contributed by atoms with Crippen molar-refractivity contribution in [1.82, 2.24) is 20.2 Å². The molecule has 1 amide bonds. The van der Waals surface area contributed by atoms with Crippen LogP contribution in [0.15, 0.2) is 30.6 Å². The van der Waals surface area contributed by atoms with Crippen LogP contribution in [0.4, 0.5) is 13.2 Å². The zero-order valence-corrected chi connectivity index (χ0v) is 16.7. The largest absolute Gasteiger partial charge is 0.405 e. The lowest BCUT2D eigenvalue weighted by atomic mass is 9.91. The minimum Gasteiger partial charge on any atom is -0.342 e. The highest BCUT2D eigenvalue weighted by Gasteiger charge is 2.28. The van der Waals surface area contributed by atoms with Crippen LogP contribution in [0.3, 0.4) is 0 Å². The molecule has 0 spiro atoms. The molecule has 2 aromatic rings. The van der Waals surface area contributed by atoms with E-state index in [0.29, 0.717) is 12.1 Å². The highest BCUT2D eigenvalue weighted by atomic mass is 19.4. The van der Waals surface area contributed by atoms with Gasteiger partial charge in [-0.25, -0.2) is 4.98 Å². The summed E-state index contributed by atoms with van der Waals surface area (Å²) in [5, 5.41) is 1.80. The summed E-state index contributed by atoms with van der Waals surface area (Å²) in [6.07, 6.45) is 4.90. The molecule has 2 heterocycles. The van der Waals surface area contributed by atoms with Crippen molar-refractivity contribution >= 4 is 5.91 Å². The van der Waals surface area contributed by atoms with Gasteiger partial charge in [-0.2, -0.15) is 13.2 Å². The Hall–Kier alpha value is -2.48. The van der Waals surface area contributed by atoms with Gasteiger partial charge in [0, 0.05) is 31.7 Å². The van der Waals surface area contributed by atoms with Gasteiger partial charge in [0.15, 0.2) is 0 Å². The van der Waals surface area contributed by atoms with Crippen LogP contribution >= 0.6 is 0 Å². The normalized spacial score (nSPS) is 17.7. The smallest absolute Gasteiger partial charge is 0.342 e. The van der Waals surface area contributed by atoms with E-state index in [4.69, 9.17) is 0 Å². The SMILES string of the molecule is O=C(NCC(F)(F)F)c1cnc(Cc2ccc3c(c2)CCN(C2CCC2)CC3)cn1. The molecule has 160 valence electrons. The minimum absolute atomic E-state index is 0.124. The van der Waals surface area contributed by atoms with Crippen LogP contribution < -0.4 is 5.32 Å². The lowest BCUT2D eigenvalue weighted by molar-refractivity contribution is -0.123. The van der Waals surface area contributed by atoms with Crippen LogP contribution in [-0.2, 0) is 19.3 Å². The van der Waals surface area contributed by atoms with Crippen LogP contribution in [0, 0.1) is 0 Å². The van der Waals surface area contributed by atoms with Crippen molar-refractivity contribution in [3.8, 4) is 0 Å². The molecule has 2 aliphatic rings. The number of carbonyl (C=O) groups excluding carboxylic acids is 1. The first-order chi connectivity index (χ1) is 14.4. The molecule has 0 bridgehead atoms. The van der Waals surface area contributed by atoms with Gasteiger partial charge in [-0.1, -0.05) is 24.6 Å². The standard InChI is InChI=1S/C22H25F3N4O/c23-22(24,25)14-28-21(30)20-13-26-18(12-27-20)11-15-4-5-16-6-8-29(19-2-1-3-19)9-7-17(16)10-15/h4-5,10,12-13,19H,1-3,6-9,11,14H2,(H,28,30). The van der Waals surface area contributed by atoms with E-state index in [-0.39, 0.29) is 5.69 Å². The number of halogens is 3. The number of nitrogens with one attached hydrogen (secondary N) is 1. The third-order valence-electron chi connectivity index (χ3n) is 5.97. The van der Waals surface area contributed by atoms with Gasteiger partial charge < -0.3 is 5.32 Å². The molecule has 0 saturated heterocycles. The van der Waals surface area contributed by atoms with Crippen molar-refractivity contribution in [2.45, 2.75) is 50.7 Å². The van der Waals surface area contributed by atoms with Gasteiger partial charge in [0.25, 0.3) is 5.91 Å². The zero-order valence-electron chi connectivity index (χ0n) is 16.7. The fraction of sp³-hybridized carbons (Fsp3) is 0.500. The number of nitrogens with zero attached hydrogens (tertiary/aromatic N) is 3. The van der Waals surface area contributed by atoms with Crippen molar-refractivity contribution in [1.29, 1.82) is 0 Å². The number of amides is 1. The third-order valence-corrected chi connectivity index (χ3v) is 5.97. The first-order valence-corrected chi connectivity index (χ1v) is 10.4. The van der Waals surface area contributed by atoms with E-state index in [2.05, 4.69) is 33.1 Å². The molecule has 0 radical (unpaired) electrons. The van der Waals surface area contributed by atoms with E-state index in [1.54, 1.807) is 5.32 Å². The second-order valence-electron chi connectivity index (χ2n) is 8.09. The molecule has 1 aromatic carbocycles. The van der Waals surface area contributed by atoms with E-state index >= 15 is 0 Å². The second kappa shape index (κ2) is 8.71. The topological polar surface area (TPSA) is 58.1 Å². The molecule has 0 unspecified atom stereocenters. The van der Waals surface area contributed by atoms with Gasteiger partial charge in [0.2, 0.25) is 0 Å². The van der Waals surface area contributed by atoms with Crippen molar-refractivity contribution in [3.05, 3.63) is 58.7 Å². The molecular weight excluding hydrogens is 393 g/mol. The van der Waals surface area contributed by atoms with Crippen molar-refractivity contribution in [2.75, 3.05) is 19.6 Å². The predicted molar refractivity (Wildman–Crippen MR) is 106 cm³/mol. The Balaban J connectivity index is 1.37. The number of benzene rings is 1. The number of hydrogen-bond donors (Lipinski definition) is 1. The van der Waals surface area contributed by atoms with Crippen molar-refractivity contribution in [3.63, 3.8) is 0 Å². The number of aromatic nitrogens is 2. The maximum atomic E-state index is 12.2. The van der Waals surface area contributed by atoms with Crippen LogP contribution in [0.1, 0.15) is 52.1 Å². The first kappa shape index (κ1) is 20.8. The molecular formula is C22H25F3N4O. The van der Waals surface area contributed by atoms with Gasteiger partial charge in [-0.05, 0) is 42.4 Å². The zero-order chi connectivity index (χ0) is 21.1. The molecule has 8 heteroatoms. The maximum absolute atomic E-state index is 12.2. The fourth-order valence-corrected chi connectivity index (χ4v) is 4.07. The van der Waals surface area contributed by atoms with E-state index in [1.807, 2.05) is 0 Å². The number of carbonyl (C=O) groups is 1. The lowest BCUT2D eigenvalue weighted by Gasteiger charge is -2.36. The van der Waals surface area contributed by atoms with Gasteiger partial charge >= 0.3 is 6.18 Å². The number of hydrogen-bond acceptors (Lipinski definition) is 4. The van der Waals surface area contributed by atoms with Crippen LogP contribution in [0.5, 0.6) is 0 Å². The summed E-state index contributed by atoms with van der Waals surface area (Å²) >= 11 is 0. The molecule has 1 aliphatic carbocycles. The number of fused-ring (bicyclic) bond motifs is 1. The van der Waals surface area contributed by atoms with Crippen LogP contribution in [-0.4, -0.2) is 52.6 Å². The highest BCUT2D eigenvalue weighted by molar-refractivity contribution is 5.91. The second-order valence-corrected chi connectivity index (χ2v) is 8.09. The van der Waals surface area contributed by atoms with E-state index in [9.17, 15) is 18.0 Å². The van der Waals surface area contributed by atoms with Crippen molar-refractivity contribution < 1.29 is 18.0 Å². The molecule has 4 rings (SSSR count). The molecule has 0 atom stereocenters.